The number of piperazine rings is 1. The lowest BCUT2D eigenvalue weighted by atomic mass is 10.1. The van der Waals surface area contributed by atoms with Crippen LogP contribution in [0, 0.1) is 25.2 Å². The smallest absolute Gasteiger partial charge is 0.236 e. The van der Waals surface area contributed by atoms with Gasteiger partial charge in [0.15, 0.2) is 10.8 Å². The van der Waals surface area contributed by atoms with Crippen LogP contribution in [0.3, 0.4) is 0 Å². The van der Waals surface area contributed by atoms with Crippen LogP contribution in [0.1, 0.15) is 35.0 Å². The number of aliphatic hydroxyl groups excluding tert-OH is 1. The molecule has 1 aliphatic carbocycles. The summed E-state index contributed by atoms with van der Waals surface area (Å²) in [6, 6.07) is 13.0. The van der Waals surface area contributed by atoms with Crippen LogP contribution < -0.4 is 9.80 Å². The van der Waals surface area contributed by atoms with Gasteiger partial charge >= 0.3 is 0 Å². The van der Waals surface area contributed by atoms with Gasteiger partial charge in [0.05, 0.1) is 35.5 Å². The van der Waals surface area contributed by atoms with Crippen LogP contribution in [0.5, 0.6) is 0 Å². The molecule has 5 heterocycles. The fourth-order valence-corrected chi connectivity index (χ4v) is 6.80. The average molecular weight is 598 g/mol. The molecule has 0 unspecified atom stereocenters. The highest BCUT2D eigenvalue weighted by Crippen LogP contribution is 2.44. The number of carbonyl (C=O) groups excluding carboxylic acids is 1. The van der Waals surface area contributed by atoms with E-state index in [0.29, 0.717) is 41.9 Å². The number of carbonyl (C=O) groups is 1. The third-order valence-electron chi connectivity index (χ3n) is 8.65. The predicted molar refractivity (Wildman–Crippen MR) is 167 cm³/mol. The van der Waals surface area contributed by atoms with Gasteiger partial charge in [0.1, 0.15) is 22.5 Å². The number of aliphatic hydroxyl groups is 1. The number of hydrogen-bond acceptors (Lipinski definition) is 10. The van der Waals surface area contributed by atoms with Crippen molar-refractivity contribution in [2.24, 2.45) is 0 Å². The number of benzene rings is 1. The van der Waals surface area contributed by atoms with E-state index in [0.717, 1.165) is 77.9 Å². The number of pyridine rings is 1. The van der Waals surface area contributed by atoms with E-state index in [4.69, 9.17) is 15.1 Å². The first-order valence-corrected chi connectivity index (χ1v) is 15.7. The van der Waals surface area contributed by atoms with Gasteiger partial charge in [0.2, 0.25) is 5.91 Å². The zero-order valence-corrected chi connectivity index (χ0v) is 25.5. The minimum atomic E-state index is -0.376. The van der Waals surface area contributed by atoms with Crippen molar-refractivity contribution >= 4 is 44.9 Å². The summed E-state index contributed by atoms with van der Waals surface area (Å²) in [5.41, 5.74) is 5.52. The highest BCUT2D eigenvalue weighted by molar-refractivity contribution is 7.16. The van der Waals surface area contributed by atoms with Crippen molar-refractivity contribution in [3.05, 3.63) is 46.5 Å². The molecule has 3 aromatic heterocycles. The van der Waals surface area contributed by atoms with E-state index in [2.05, 4.69) is 31.5 Å². The summed E-state index contributed by atoms with van der Waals surface area (Å²) >= 11 is 1.39. The van der Waals surface area contributed by atoms with Gasteiger partial charge in [-0.1, -0.05) is 41.2 Å². The SMILES string of the molecule is Cc1ccc(-c2nc(N(C)c3c4cc(N5CCN(CC(=O)N6CC(O)C6)CC5)c(C)nc4nn3C3CC3)sc2C#N)cc1. The number of hydrogen-bond donors (Lipinski definition) is 1. The average Bonchev–Trinajstić information content (AvgIpc) is 3.64. The van der Waals surface area contributed by atoms with Gasteiger partial charge in [-0.15, -0.1) is 0 Å². The number of thiazole rings is 1. The van der Waals surface area contributed by atoms with E-state index in [9.17, 15) is 15.2 Å². The standard InChI is InChI=1S/C31H35N9O2S/c1-19-4-6-21(7-5-19)28-26(15-32)43-31(34-28)36(3)30-24-14-25(20(2)33-29(24)35-40(30)22-8-9-22)38-12-10-37(11-13-38)18-27(42)39-16-23(41)17-39/h4-7,14,22-23,41H,8-13,16-18H2,1-3H3. The lowest BCUT2D eigenvalue weighted by Crippen LogP contribution is -2.57. The van der Waals surface area contributed by atoms with E-state index < -0.39 is 0 Å². The molecule has 3 aliphatic rings. The maximum atomic E-state index is 12.5. The minimum Gasteiger partial charge on any atom is -0.389 e. The first-order chi connectivity index (χ1) is 20.8. The van der Waals surface area contributed by atoms with Crippen molar-refractivity contribution in [3.63, 3.8) is 0 Å². The number of aryl methyl sites for hydroxylation is 2. The third-order valence-corrected chi connectivity index (χ3v) is 9.69. The highest BCUT2D eigenvalue weighted by atomic mass is 32.1. The topological polar surface area (TPSA) is 118 Å². The second-order valence-electron chi connectivity index (χ2n) is 11.9. The summed E-state index contributed by atoms with van der Waals surface area (Å²) in [5.74, 6) is 1.03. The lowest BCUT2D eigenvalue weighted by Gasteiger charge is -2.40. The molecular formula is C31H35N9O2S. The lowest BCUT2D eigenvalue weighted by molar-refractivity contribution is -0.142. The van der Waals surface area contributed by atoms with Crippen LogP contribution in [0.25, 0.3) is 22.3 Å². The zero-order valence-electron chi connectivity index (χ0n) is 24.7. The molecule has 1 amide bonds. The molecule has 2 saturated heterocycles. The second-order valence-corrected chi connectivity index (χ2v) is 12.9. The predicted octanol–water partition coefficient (Wildman–Crippen LogP) is 3.47. The third kappa shape index (κ3) is 5.22. The molecule has 222 valence electrons. The molecule has 43 heavy (non-hydrogen) atoms. The van der Waals surface area contributed by atoms with Gasteiger partial charge in [-0.25, -0.2) is 14.6 Å². The van der Waals surface area contributed by atoms with Crippen molar-refractivity contribution in [3.8, 4) is 17.3 Å². The van der Waals surface area contributed by atoms with E-state index in [1.165, 1.54) is 11.3 Å². The van der Waals surface area contributed by atoms with E-state index in [-0.39, 0.29) is 12.0 Å². The van der Waals surface area contributed by atoms with Crippen LogP contribution in [-0.2, 0) is 4.79 Å². The largest absolute Gasteiger partial charge is 0.389 e. The maximum absolute atomic E-state index is 12.5. The van der Waals surface area contributed by atoms with Gasteiger partial charge in [0, 0.05) is 51.9 Å². The Balaban J connectivity index is 1.17. The monoisotopic (exact) mass is 597 g/mol. The van der Waals surface area contributed by atoms with Gasteiger partial charge in [0.25, 0.3) is 0 Å². The molecule has 4 aromatic rings. The summed E-state index contributed by atoms with van der Waals surface area (Å²) in [6.45, 7) is 8.52. The summed E-state index contributed by atoms with van der Waals surface area (Å²) < 4.78 is 2.09. The van der Waals surface area contributed by atoms with Crippen molar-refractivity contribution in [1.82, 2.24) is 29.5 Å². The molecule has 0 atom stereocenters. The molecule has 1 aromatic carbocycles. The molecule has 0 radical (unpaired) electrons. The summed E-state index contributed by atoms with van der Waals surface area (Å²) in [4.78, 5) is 31.3. The number of β-amino-alcohol motifs (C(OH)–C–C–N with tert-alkyl or cyclic N) is 1. The summed E-state index contributed by atoms with van der Waals surface area (Å²) in [5, 5.41) is 26.1. The number of amides is 1. The Bertz CT molecular complexity index is 1720. The van der Waals surface area contributed by atoms with Crippen molar-refractivity contribution in [1.29, 1.82) is 5.26 Å². The number of fused-ring (bicyclic) bond motifs is 1. The fraction of sp³-hybridized carbons (Fsp3) is 0.452. The highest BCUT2D eigenvalue weighted by Gasteiger charge is 2.33. The maximum Gasteiger partial charge on any atom is 0.236 e. The van der Waals surface area contributed by atoms with E-state index in [1.54, 1.807) is 4.90 Å². The quantitative estimate of drug-likeness (QED) is 0.342. The molecule has 0 bridgehead atoms. The molecule has 1 saturated carbocycles. The molecule has 2 aliphatic heterocycles. The van der Waals surface area contributed by atoms with Gasteiger partial charge in [-0.2, -0.15) is 10.4 Å². The minimum absolute atomic E-state index is 0.0884. The van der Waals surface area contributed by atoms with Crippen LogP contribution in [0.2, 0.25) is 0 Å². The number of rotatable bonds is 7. The Labute approximate surface area is 254 Å². The van der Waals surface area contributed by atoms with E-state index in [1.807, 2.05) is 45.2 Å². The van der Waals surface area contributed by atoms with Crippen molar-refractivity contribution < 1.29 is 9.90 Å². The number of nitriles is 1. The van der Waals surface area contributed by atoms with Crippen molar-refractivity contribution in [2.45, 2.75) is 38.8 Å². The van der Waals surface area contributed by atoms with Gasteiger partial charge < -0.3 is 19.8 Å². The van der Waals surface area contributed by atoms with Crippen LogP contribution in [0.4, 0.5) is 16.6 Å². The molecule has 3 fully saturated rings. The van der Waals surface area contributed by atoms with Crippen LogP contribution in [-0.4, -0.2) is 99.5 Å². The first-order valence-electron chi connectivity index (χ1n) is 14.8. The Morgan fingerprint density at radius 2 is 1.84 bits per heavy atom. The fourth-order valence-electron chi connectivity index (χ4n) is 5.95. The molecular weight excluding hydrogens is 562 g/mol. The second kappa shape index (κ2) is 10.9. The Hall–Kier alpha value is -4.05. The Morgan fingerprint density at radius 3 is 2.49 bits per heavy atom. The van der Waals surface area contributed by atoms with Gasteiger partial charge in [-0.3, -0.25) is 9.69 Å². The molecule has 7 rings (SSSR count). The van der Waals surface area contributed by atoms with Gasteiger partial charge in [-0.05, 0) is 32.8 Å². The number of likely N-dealkylation sites (tertiary alicyclic amines) is 1. The molecule has 1 N–H and O–H groups in total. The Kier molecular flexibility index (Phi) is 7.04. The Morgan fingerprint density at radius 1 is 1.12 bits per heavy atom. The normalized spacial score (nSPS) is 17.7. The number of nitrogens with zero attached hydrogens (tertiary/aromatic N) is 9. The molecule has 12 heteroatoms. The van der Waals surface area contributed by atoms with Crippen LogP contribution in [0.15, 0.2) is 30.3 Å². The van der Waals surface area contributed by atoms with Crippen LogP contribution >= 0.6 is 11.3 Å². The number of aromatic nitrogens is 4. The summed E-state index contributed by atoms with van der Waals surface area (Å²) in [7, 11) is 2.00. The summed E-state index contributed by atoms with van der Waals surface area (Å²) in [6.07, 6.45) is 1.78. The van der Waals surface area contributed by atoms with E-state index >= 15 is 0 Å². The number of anilines is 3. The first kappa shape index (κ1) is 27.8. The molecule has 0 spiro atoms. The van der Waals surface area contributed by atoms with Crippen molar-refractivity contribution in [2.75, 3.05) is 62.7 Å². The zero-order chi connectivity index (χ0) is 29.8. The molecule has 11 nitrogen and oxygen atoms in total.